The summed E-state index contributed by atoms with van der Waals surface area (Å²) in [5.41, 5.74) is 1.62. The van der Waals surface area contributed by atoms with Gasteiger partial charge in [0.05, 0.1) is 0 Å². The average Bonchev–Trinajstić information content (AvgIpc) is 3.08. The van der Waals surface area contributed by atoms with Gasteiger partial charge in [-0.3, -0.25) is 4.90 Å². The molecule has 0 saturated heterocycles. The Labute approximate surface area is 277 Å². The van der Waals surface area contributed by atoms with Crippen LogP contribution in [0.2, 0.25) is 0 Å². The van der Waals surface area contributed by atoms with Gasteiger partial charge >= 0.3 is 5.97 Å². The smallest absolute Gasteiger partial charge is 0.339 e. The Bertz CT molecular complexity index is 1680. The van der Waals surface area contributed by atoms with Crippen molar-refractivity contribution in [2.24, 2.45) is 0 Å². The van der Waals surface area contributed by atoms with Gasteiger partial charge in [-0.25, -0.2) is 4.79 Å². The molecule has 0 bridgehead atoms. The number of aldehydes is 1. The first kappa shape index (κ1) is 33.2. The fraction of sp³-hybridized carbons (Fsp3) is 0.220. The molecule has 0 heterocycles. The van der Waals surface area contributed by atoms with Crippen molar-refractivity contribution in [3.05, 3.63) is 167 Å². The number of nitrogens with zero attached hydrogens (tertiary/aromatic N) is 1. The monoisotopic (exact) mass is 627 g/mol. The maximum Gasteiger partial charge on any atom is 0.339 e. The Hall–Kier alpha value is -5.20. The van der Waals surface area contributed by atoms with Gasteiger partial charge in [0, 0.05) is 13.1 Å². The van der Waals surface area contributed by atoms with Crippen molar-refractivity contribution in [1.29, 1.82) is 0 Å². The molecular weight excluding hydrogens is 586 g/mol. The summed E-state index contributed by atoms with van der Waals surface area (Å²) in [6.45, 7) is 6.60. The molecule has 0 spiro atoms. The molecule has 1 atom stereocenters. The molecule has 5 aromatic carbocycles. The van der Waals surface area contributed by atoms with Crippen LogP contribution in [0.3, 0.4) is 0 Å². The molecule has 0 saturated carbocycles. The van der Waals surface area contributed by atoms with Crippen molar-refractivity contribution < 1.29 is 23.8 Å². The van der Waals surface area contributed by atoms with E-state index < -0.39 is 17.1 Å². The highest BCUT2D eigenvalue weighted by molar-refractivity contribution is 5.99. The Morgan fingerprint density at radius 3 is 1.45 bits per heavy atom. The van der Waals surface area contributed by atoms with Crippen molar-refractivity contribution in [1.82, 2.24) is 4.90 Å². The van der Waals surface area contributed by atoms with Crippen LogP contribution in [-0.4, -0.2) is 22.8 Å². The molecule has 5 aromatic rings. The molecular formula is C41H41NO5. The first-order valence-electron chi connectivity index (χ1n) is 15.8. The van der Waals surface area contributed by atoms with E-state index >= 15 is 0 Å². The van der Waals surface area contributed by atoms with Crippen molar-refractivity contribution in [3.8, 4) is 11.5 Å². The van der Waals surface area contributed by atoms with Gasteiger partial charge in [-0.15, -0.1) is 0 Å². The van der Waals surface area contributed by atoms with Gasteiger partial charge in [0.2, 0.25) is 5.54 Å². The van der Waals surface area contributed by atoms with Gasteiger partial charge in [-0.2, -0.15) is 0 Å². The van der Waals surface area contributed by atoms with E-state index in [0.29, 0.717) is 43.0 Å². The van der Waals surface area contributed by atoms with E-state index in [9.17, 15) is 9.59 Å². The zero-order valence-electron chi connectivity index (χ0n) is 27.2. The SMILES string of the molecule is CC(C)(C)OC(=O)C(C=O)(c1ccc(OCc2ccccc2)c(OCc2ccccc2)c1)N(Cc1ccccc1)Cc1ccccc1. The third-order valence-electron chi connectivity index (χ3n) is 7.67. The molecule has 0 N–H and O–H groups in total. The highest BCUT2D eigenvalue weighted by Crippen LogP contribution is 2.39. The largest absolute Gasteiger partial charge is 0.485 e. The predicted molar refractivity (Wildman–Crippen MR) is 184 cm³/mol. The molecule has 1 unspecified atom stereocenters. The summed E-state index contributed by atoms with van der Waals surface area (Å²) in [4.78, 5) is 30.0. The van der Waals surface area contributed by atoms with Crippen molar-refractivity contribution in [2.45, 2.75) is 58.2 Å². The highest BCUT2D eigenvalue weighted by Gasteiger charge is 2.49. The molecule has 5 rings (SSSR count). The lowest BCUT2D eigenvalue weighted by molar-refractivity contribution is -0.172. The number of benzene rings is 5. The number of ether oxygens (including phenoxy) is 3. The fourth-order valence-electron chi connectivity index (χ4n) is 5.34. The molecule has 0 aliphatic carbocycles. The van der Waals surface area contributed by atoms with Crippen LogP contribution in [0, 0.1) is 0 Å². The van der Waals surface area contributed by atoms with E-state index in [-0.39, 0.29) is 6.61 Å². The minimum Gasteiger partial charge on any atom is -0.485 e. The predicted octanol–water partition coefficient (Wildman–Crippen LogP) is 8.28. The van der Waals surface area contributed by atoms with E-state index in [1.807, 2.05) is 126 Å². The second kappa shape index (κ2) is 15.4. The Kier molecular flexibility index (Phi) is 10.9. The zero-order chi connectivity index (χ0) is 33.1. The maximum atomic E-state index is 14.5. The molecule has 240 valence electrons. The molecule has 0 aromatic heterocycles. The van der Waals surface area contributed by atoms with E-state index in [1.54, 1.807) is 39.0 Å². The van der Waals surface area contributed by atoms with Crippen LogP contribution in [0.25, 0.3) is 0 Å². The third-order valence-corrected chi connectivity index (χ3v) is 7.67. The Balaban J connectivity index is 1.63. The summed E-state index contributed by atoms with van der Waals surface area (Å²) in [7, 11) is 0. The van der Waals surface area contributed by atoms with Crippen LogP contribution in [0.15, 0.2) is 140 Å². The zero-order valence-corrected chi connectivity index (χ0v) is 27.2. The lowest BCUT2D eigenvalue weighted by Gasteiger charge is -2.40. The van der Waals surface area contributed by atoms with Crippen molar-refractivity contribution >= 4 is 12.3 Å². The van der Waals surface area contributed by atoms with Gasteiger partial charge in [-0.05, 0) is 60.7 Å². The van der Waals surface area contributed by atoms with E-state index in [1.165, 1.54) is 0 Å². The quantitative estimate of drug-likeness (QED) is 0.0702. The molecule has 6 heteroatoms. The van der Waals surface area contributed by atoms with Crippen LogP contribution in [0.5, 0.6) is 11.5 Å². The topological polar surface area (TPSA) is 65.1 Å². The lowest BCUT2D eigenvalue weighted by atomic mass is 9.87. The fourth-order valence-corrected chi connectivity index (χ4v) is 5.34. The third kappa shape index (κ3) is 8.75. The molecule has 0 amide bonds. The molecule has 0 aliphatic heterocycles. The second-order valence-electron chi connectivity index (χ2n) is 12.4. The summed E-state index contributed by atoms with van der Waals surface area (Å²) < 4.78 is 18.7. The summed E-state index contributed by atoms with van der Waals surface area (Å²) in [5, 5.41) is 0. The van der Waals surface area contributed by atoms with E-state index in [4.69, 9.17) is 14.2 Å². The van der Waals surface area contributed by atoms with Crippen LogP contribution in [-0.2, 0) is 46.2 Å². The van der Waals surface area contributed by atoms with Crippen LogP contribution in [0.4, 0.5) is 0 Å². The van der Waals surface area contributed by atoms with Gasteiger partial charge in [-0.1, -0.05) is 127 Å². The van der Waals surface area contributed by atoms with Crippen molar-refractivity contribution in [3.63, 3.8) is 0 Å². The summed E-state index contributed by atoms with van der Waals surface area (Å²) >= 11 is 0. The number of esters is 1. The standard InChI is InChI=1S/C41H41NO5/c1-40(2,3)47-39(44)41(31-43,42(27-32-16-8-4-9-17-32)28-33-18-10-5-11-19-33)36-24-25-37(45-29-34-20-12-6-13-21-34)38(26-36)46-30-35-22-14-7-15-23-35/h4-26,31H,27-30H2,1-3H3. The van der Waals surface area contributed by atoms with E-state index in [0.717, 1.165) is 22.3 Å². The molecule has 0 aliphatic rings. The first-order chi connectivity index (χ1) is 22.8. The number of carbonyl (C=O) groups excluding carboxylic acids is 2. The molecule has 0 fully saturated rings. The van der Waals surface area contributed by atoms with Gasteiger partial charge < -0.3 is 19.0 Å². The Morgan fingerprint density at radius 1 is 0.596 bits per heavy atom. The van der Waals surface area contributed by atoms with E-state index in [2.05, 4.69) is 0 Å². The van der Waals surface area contributed by atoms with Crippen LogP contribution in [0.1, 0.15) is 48.6 Å². The second-order valence-corrected chi connectivity index (χ2v) is 12.4. The molecule has 47 heavy (non-hydrogen) atoms. The summed E-state index contributed by atoms with van der Waals surface area (Å²) in [6.07, 6.45) is 0.702. The first-order valence-corrected chi connectivity index (χ1v) is 15.8. The maximum absolute atomic E-state index is 14.5. The van der Waals surface area contributed by atoms with Gasteiger partial charge in [0.25, 0.3) is 0 Å². The lowest BCUT2D eigenvalue weighted by Crippen LogP contribution is -2.54. The number of hydrogen-bond acceptors (Lipinski definition) is 6. The van der Waals surface area contributed by atoms with Gasteiger partial charge in [0.15, 0.2) is 17.8 Å². The Morgan fingerprint density at radius 2 is 1.02 bits per heavy atom. The summed E-state index contributed by atoms with van der Waals surface area (Å²) in [6, 6.07) is 44.5. The minimum atomic E-state index is -1.82. The van der Waals surface area contributed by atoms with Crippen LogP contribution >= 0.6 is 0 Å². The van der Waals surface area contributed by atoms with Crippen LogP contribution < -0.4 is 9.47 Å². The normalized spacial score (nSPS) is 12.6. The number of hydrogen-bond donors (Lipinski definition) is 0. The minimum absolute atomic E-state index is 0.268. The van der Waals surface area contributed by atoms with Crippen molar-refractivity contribution in [2.75, 3.05) is 0 Å². The number of carbonyl (C=O) groups is 2. The van der Waals surface area contributed by atoms with Gasteiger partial charge in [0.1, 0.15) is 18.8 Å². The molecule has 0 radical (unpaired) electrons. The molecule has 6 nitrogen and oxygen atoms in total. The number of rotatable bonds is 14. The average molecular weight is 628 g/mol. The summed E-state index contributed by atoms with van der Waals surface area (Å²) in [5.74, 6) is 0.241. The highest BCUT2D eigenvalue weighted by atomic mass is 16.6.